The Kier molecular flexibility index (Phi) is 6.36. The minimum Gasteiger partial charge on any atom is -0.456 e. The van der Waals surface area contributed by atoms with Crippen LogP contribution >= 0.6 is 7.92 Å². The lowest BCUT2D eigenvalue weighted by molar-refractivity contribution is 0.418. The molecule has 1 nitrogen and oxygen atoms in total. The molecule has 0 spiro atoms. The highest BCUT2D eigenvalue weighted by molar-refractivity contribution is 7.80. The molecule has 4 aromatic carbocycles. The van der Waals surface area contributed by atoms with Gasteiger partial charge in [0.2, 0.25) is 0 Å². The third kappa shape index (κ3) is 4.75. The molecule has 5 rings (SSSR count). The summed E-state index contributed by atoms with van der Waals surface area (Å²) in [6.07, 6.45) is 0. The molecule has 0 amide bonds. The molecule has 0 N–H and O–H groups in total. The zero-order chi connectivity index (χ0) is 26.6. The molecule has 2 heteroatoms. The summed E-state index contributed by atoms with van der Waals surface area (Å²) in [6, 6.07) is 33.5. The van der Waals surface area contributed by atoms with Crippen molar-refractivity contribution >= 4 is 23.8 Å². The Morgan fingerprint density at radius 2 is 1.11 bits per heavy atom. The summed E-state index contributed by atoms with van der Waals surface area (Å²) in [6.45, 7) is 18.5. The van der Waals surface area contributed by atoms with Gasteiger partial charge in [-0.2, -0.15) is 0 Å². The first-order valence-electron chi connectivity index (χ1n) is 13.3. The van der Waals surface area contributed by atoms with Crippen molar-refractivity contribution in [3.8, 4) is 11.5 Å². The van der Waals surface area contributed by atoms with Crippen molar-refractivity contribution in [2.75, 3.05) is 0 Å². The van der Waals surface area contributed by atoms with Crippen molar-refractivity contribution < 1.29 is 4.74 Å². The maximum atomic E-state index is 6.92. The Labute approximate surface area is 224 Å². The Balaban J connectivity index is 1.81. The van der Waals surface area contributed by atoms with E-state index in [1.807, 2.05) is 0 Å². The van der Waals surface area contributed by atoms with Crippen molar-refractivity contribution in [2.45, 2.75) is 71.6 Å². The zero-order valence-corrected chi connectivity index (χ0v) is 24.4. The number of fused-ring (bicyclic) bond motifs is 2. The highest BCUT2D eigenvalue weighted by Gasteiger charge is 2.39. The fraction of sp³-hybridized carbons (Fsp3) is 0.314. The Bertz CT molecular complexity index is 1380. The highest BCUT2D eigenvalue weighted by atomic mass is 31.1. The van der Waals surface area contributed by atoms with Gasteiger partial charge in [-0.1, -0.05) is 134 Å². The molecule has 1 aliphatic rings. The quantitative estimate of drug-likeness (QED) is 0.253. The van der Waals surface area contributed by atoms with Gasteiger partial charge in [0.05, 0.1) is 0 Å². The van der Waals surface area contributed by atoms with Crippen LogP contribution in [0.1, 0.15) is 77.6 Å². The first-order valence-corrected chi connectivity index (χ1v) is 14.6. The van der Waals surface area contributed by atoms with Crippen LogP contribution in [0.3, 0.4) is 0 Å². The summed E-state index contributed by atoms with van der Waals surface area (Å²) in [7, 11) is -0.804. The molecule has 0 bridgehead atoms. The first kappa shape index (κ1) is 25.7. The number of rotatable bonds is 3. The van der Waals surface area contributed by atoms with Gasteiger partial charge in [-0.15, -0.1) is 0 Å². The third-order valence-electron chi connectivity index (χ3n) is 7.61. The monoisotopic (exact) mass is 506 g/mol. The minimum absolute atomic E-state index is 0.0156. The number of hydrogen-bond acceptors (Lipinski definition) is 1. The van der Waals surface area contributed by atoms with Crippen LogP contribution in [0, 0.1) is 0 Å². The van der Waals surface area contributed by atoms with Crippen molar-refractivity contribution in [2.24, 2.45) is 0 Å². The van der Waals surface area contributed by atoms with Gasteiger partial charge in [0, 0.05) is 21.8 Å². The maximum Gasteiger partial charge on any atom is 0.139 e. The van der Waals surface area contributed by atoms with E-state index in [4.69, 9.17) is 4.74 Å². The normalized spacial score (nSPS) is 14.6. The molecule has 4 aromatic rings. The van der Waals surface area contributed by atoms with Gasteiger partial charge in [-0.05, 0) is 52.6 Å². The molecule has 0 aliphatic carbocycles. The van der Waals surface area contributed by atoms with Gasteiger partial charge < -0.3 is 4.74 Å². The van der Waals surface area contributed by atoms with E-state index in [1.165, 1.54) is 38.2 Å². The highest BCUT2D eigenvalue weighted by Crippen LogP contribution is 2.52. The first-order chi connectivity index (χ1) is 17.4. The molecule has 0 unspecified atom stereocenters. The lowest BCUT2D eigenvalue weighted by atomic mass is 9.72. The molecule has 190 valence electrons. The van der Waals surface area contributed by atoms with Gasteiger partial charge in [-0.3, -0.25) is 0 Å². The fourth-order valence-electron chi connectivity index (χ4n) is 5.19. The van der Waals surface area contributed by atoms with Gasteiger partial charge >= 0.3 is 0 Å². The van der Waals surface area contributed by atoms with E-state index < -0.39 is 7.92 Å². The summed E-state index contributed by atoms with van der Waals surface area (Å²) >= 11 is 0. The fourth-order valence-corrected chi connectivity index (χ4v) is 7.63. The van der Waals surface area contributed by atoms with E-state index in [0.29, 0.717) is 0 Å². The van der Waals surface area contributed by atoms with Crippen LogP contribution in [0.5, 0.6) is 11.5 Å². The second-order valence-corrected chi connectivity index (χ2v) is 15.0. The molecule has 0 radical (unpaired) electrons. The molecular weight excluding hydrogens is 467 g/mol. The van der Waals surface area contributed by atoms with Crippen molar-refractivity contribution in [3.05, 3.63) is 113 Å². The summed E-state index contributed by atoms with van der Waals surface area (Å²) in [4.78, 5) is 0. The molecule has 0 saturated heterocycles. The van der Waals surface area contributed by atoms with Crippen LogP contribution in [0.15, 0.2) is 91.0 Å². The molecule has 37 heavy (non-hydrogen) atoms. The van der Waals surface area contributed by atoms with Crippen LogP contribution in [0.25, 0.3) is 0 Å². The summed E-state index contributed by atoms with van der Waals surface area (Å²) < 4.78 is 6.92. The predicted octanol–water partition coefficient (Wildman–Crippen LogP) is 8.47. The van der Waals surface area contributed by atoms with Crippen LogP contribution < -0.4 is 20.7 Å². The zero-order valence-electron chi connectivity index (χ0n) is 23.5. The van der Waals surface area contributed by atoms with Crippen LogP contribution in [-0.2, 0) is 16.2 Å². The topological polar surface area (TPSA) is 9.23 Å². The Hall–Kier alpha value is -2.89. The molecule has 1 heterocycles. The van der Waals surface area contributed by atoms with E-state index in [2.05, 4.69) is 146 Å². The summed E-state index contributed by atoms with van der Waals surface area (Å²) in [5, 5.41) is 3.98. The maximum absolute atomic E-state index is 6.92. The lowest BCUT2D eigenvalue weighted by Gasteiger charge is -2.39. The minimum atomic E-state index is -0.804. The van der Waals surface area contributed by atoms with E-state index >= 15 is 0 Å². The molecule has 1 aliphatic heterocycles. The number of benzene rings is 4. The van der Waals surface area contributed by atoms with E-state index in [-0.39, 0.29) is 16.2 Å². The standard InChI is InChI=1S/C35H39OP/c1-33(2,3)24-19-20-30-28(21-24)35(7,8)29-22-25(34(4,5)6)23-31(32(29)36-30)37(26-15-11-9-12-16-26)27-17-13-10-14-18-27/h9-23H,1-8H3. The van der Waals surface area contributed by atoms with E-state index in [9.17, 15) is 0 Å². The molecule has 0 fully saturated rings. The van der Waals surface area contributed by atoms with Crippen molar-refractivity contribution in [3.63, 3.8) is 0 Å². The smallest absolute Gasteiger partial charge is 0.139 e. The Morgan fingerprint density at radius 3 is 1.62 bits per heavy atom. The molecule has 0 atom stereocenters. The van der Waals surface area contributed by atoms with Gasteiger partial charge in [-0.25, -0.2) is 0 Å². The summed E-state index contributed by atoms with van der Waals surface area (Å²) in [5.41, 5.74) is 5.16. The average Bonchev–Trinajstić information content (AvgIpc) is 2.84. The van der Waals surface area contributed by atoms with E-state index in [1.54, 1.807) is 0 Å². The van der Waals surface area contributed by atoms with Gasteiger partial charge in [0.1, 0.15) is 11.5 Å². The van der Waals surface area contributed by atoms with Gasteiger partial charge in [0.25, 0.3) is 0 Å². The molecule has 0 aromatic heterocycles. The average molecular weight is 507 g/mol. The van der Waals surface area contributed by atoms with Gasteiger partial charge in [0.15, 0.2) is 0 Å². The predicted molar refractivity (Wildman–Crippen MR) is 161 cm³/mol. The SMILES string of the molecule is CC(C)(C)c1ccc2c(c1)C(C)(C)c1cc(C(C)(C)C)cc(P(c3ccccc3)c3ccccc3)c1O2. The van der Waals surface area contributed by atoms with Crippen LogP contribution in [0.2, 0.25) is 0 Å². The largest absolute Gasteiger partial charge is 0.456 e. The second-order valence-electron chi connectivity index (χ2n) is 12.8. The van der Waals surface area contributed by atoms with Crippen molar-refractivity contribution in [1.82, 2.24) is 0 Å². The summed E-state index contributed by atoms with van der Waals surface area (Å²) in [5.74, 6) is 2.01. The Morgan fingerprint density at radius 1 is 0.595 bits per heavy atom. The lowest BCUT2D eigenvalue weighted by Crippen LogP contribution is -2.32. The molecular formula is C35H39OP. The van der Waals surface area contributed by atoms with Crippen LogP contribution in [-0.4, -0.2) is 0 Å². The van der Waals surface area contributed by atoms with Crippen LogP contribution in [0.4, 0.5) is 0 Å². The third-order valence-corrected chi connectivity index (χ3v) is 10.1. The second kappa shape index (κ2) is 9.14. The van der Waals surface area contributed by atoms with Crippen molar-refractivity contribution in [1.29, 1.82) is 0 Å². The number of hydrogen-bond donors (Lipinski definition) is 0. The van der Waals surface area contributed by atoms with E-state index in [0.717, 1.165) is 11.5 Å². The number of ether oxygens (including phenoxy) is 1. The molecule has 0 saturated carbocycles.